The van der Waals surface area contributed by atoms with E-state index in [1.807, 2.05) is 29.4 Å². The van der Waals surface area contributed by atoms with Gasteiger partial charge in [0.15, 0.2) is 0 Å². The molecule has 1 fully saturated rings. The van der Waals surface area contributed by atoms with Gasteiger partial charge in [0.1, 0.15) is 22.3 Å². The number of aromatic nitrogens is 3. The van der Waals surface area contributed by atoms with E-state index in [1.165, 1.54) is 23.5 Å². The van der Waals surface area contributed by atoms with Crippen LogP contribution in [0, 0.1) is 5.82 Å². The third kappa shape index (κ3) is 5.26. The standard InChI is InChI=1S/C24H25FN6O2S2/c1-17-2-8-20(9-3-17)35(32,33)31-13-11-30(12-14-31)24-28-21(23-26-10-15-34-23)16-22(29-24)27-19-6-4-18(25)5-7-19/h2-8,10,15-16,20H,9,11-14H2,1H3,(H,27,28,29). The van der Waals surface area contributed by atoms with Gasteiger partial charge in [-0.3, -0.25) is 0 Å². The summed E-state index contributed by atoms with van der Waals surface area (Å²) < 4.78 is 41.1. The molecule has 0 bridgehead atoms. The minimum absolute atomic E-state index is 0.315. The molecule has 3 heterocycles. The molecule has 1 aromatic carbocycles. The number of hydrogen-bond acceptors (Lipinski definition) is 8. The highest BCUT2D eigenvalue weighted by Gasteiger charge is 2.33. The minimum Gasteiger partial charge on any atom is -0.340 e. The van der Waals surface area contributed by atoms with Crippen LogP contribution in [0.25, 0.3) is 10.7 Å². The highest BCUT2D eigenvalue weighted by molar-refractivity contribution is 7.89. The summed E-state index contributed by atoms with van der Waals surface area (Å²) in [5.41, 5.74) is 2.45. The van der Waals surface area contributed by atoms with E-state index in [-0.39, 0.29) is 5.82 Å². The molecule has 8 nitrogen and oxygen atoms in total. The quantitative estimate of drug-likeness (QED) is 0.529. The summed E-state index contributed by atoms with van der Waals surface area (Å²) in [7, 11) is -3.43. The molecule has 1 N–H and O–H groups in total. The summed E-state index contributed by atoms with van der Waals surface area (Å²) in [5.74, 6) is 0.733. The van der Waals surface area contributed by atoms with E-state index in [1.54, 1.807) is 34.8 Å². The lowest BCUT2D eigenvalue weighted by atomic mass is 10.1. The van der Waals surface area contributed by atoms with Gasteiger partial charge in [-0.15, -0.1) is 11.3 Å². The lowest BCUT2D eigenvalue weighted by molar-refractivity contribution is 0.379. The van der Waals surface area contributed by atoms with Crippen LogP contribution in [0.4, 0.5) is 21.8 Å². The van der Waals surface area contributed by atoms with Crippen LogP contribution in [0.3, 0.4) is 0 Å². The van der Waals surface area contributed by atoms with Crippen molar-refractivity contribution in [2.45, 2.75) is 18.6 Å². The van der Waals surface area contributed by atoms with Crippen molar-refractivity contribution in [2.75, 3.05) is 36.4 Å². The monoisotopic (exact) mass is 512 g/mol. The first kappa shape index (κ1) is 23.6. The zero-order valence-electron chi connectivity index (χ0n) is 19.1. The molecule has 1 aliphatic heterocycles. The average molecular weight is 513 g/mol. The summed E-state index contributed by atoms with van der Waals surface area (Å²) in [4.78, 5) is 15.7. The third-order valence-corrected chi connectivity index (χ3v) is 8.99. The van der Waals surface area contributed by atoms with Crippen LogP contribution < -0.4 is 10.2 Å². The molecule has 2 aromatic heterocycles. The number of piperazine rings is 1. The Hall–Kier alpha value is -3.15. The van der Waals surface area contributed by atoms with Gasteiger partial charge < -0.3 is 10.2 Å². The lowest BCUT2D eigenvalue weighted by Crippen LogP contribution is -2.51. The molecule has 1 atom stereocenters. The molecule has 1 saturated heterocycles. The normalized spacial score (nSPS) is 19.0. The Balaban J connectivity index is 1.35. The molecule has 3 aromatic rings. The maximum atomic E-state index is 13.3. The van der Waals surface area contributed by atoms with Crippen molar-refractivity contribution in [1.29, 1.82) is 0 Å². The molecule has 1 aliphatic carbocycles. The fourth-order valence-electron chi connectivity index (χ4n) is 4.04. The Morgan fingerprint density at radius 2 is 1.89 bits per heavy atom. The van der Waals surface area contributed by atoms with Gasteiger partial charge in [0, 0.05) is 49.5 Å². The van der Waals surface area contributed by atoms with E-state index in [2.05, 4.69) is 15.3 Å². The number of sulfonamides is 1. The summed E-state index contributed by atoms with van der Waals surface area (Å²) in [6.07, 6.45) is 7.84. The Kier molecular flexibility index (Phi) is 6.63. The second-order valence-electron chi connectivity index (χ2n) is 8.42. The Labute approximate surface area is 207 Å². The van der Waals surface area contributed by atoms with Gasteiger partial charge in [-0.05, 0) is 37.6 Å². The highest BCUT2D eigenvalue weighted by atomic mass is 32.2. The van der Waals surface area contributed by atoms with Crippen molar-refractivity contribution < 1.29 is 12.8 Å². The fraction of sp³-hybridized carbons (Fsp3) is 0.292. The van der Waals surface area contributed by atoms with Gasteiger partial charge in [0.25, 0.3) is 0 Å². The average Bonchev–Trinajstić information content (AvgIpc) is 3.41. The van der Waals surface area contributed by atoms with Crippen molar-refractivity contribution >= 4 is 38.8 Å². The number of benzene rings is 1. The first-order chi connectivity index (χ1) is 16.9. The molecular formula is C24H25FN6O2S2. The van der Waals surface area contributed by atoms with E-state index in [0.717, 1.165) is 10.6 Å². The number of halogens is 1. The summed E-state index contributed by atoms with van der Waals surface area (Å²) in [6.45, 7) is 3.64. The zero-order valence-corrected chi connectivity index (χ0v) is 20.8. The number of thiazole rings is 1. The predicted octanol–water partition coefficient (Wildman–Crippen LogP) is 4.21. The Morgan fingerprint density at radius 1 is 1.11 bits per heavy atom. The van der Waals surface area contributed by atoms with Crippen LogP contribution in [0.1, 0.15) is 13.3 Å². The van der Waals surface area contributed by atoms with Crippen LogP contribution in [-0.4, -0.2) is 59.1 Å². The maximum Gasteiger partial charge on any atom is 0.228 e. The number of nitrogens with one attached hydrogen (secondary N) is 1. The molecule has 35 heavy (non-hydrogen) atoms. The number of allylic oxidation sites excluding steroid dienone is 3. The zero-order chi connectivity index (χ0) is 24.4. The van der Waals surface area contributed by atoms with Crippen LogP contribution >= 0.6 is 11.3 Å². The fourth-order valence-corrected chi connectivity index (χ4v) is 6.31. The SMILES string of the molecule is CC1=CCC(S(=O)(=O)N2CCN(c3nc(Nc4ccc(F)cc4)cc(-c4nccs4)n3)CC2)C=C1. The third-order valence-electron chi connectivity index (χ3n) is 5.99. The van der Waals surface area contributed by atoms with Crippen molar-refractivity contribution in [1.82, 2.24) is 19.3 Å². The molecule has 0 amide bonds. The van der Waals surface area contributed by atoms with Gasteiger partial charge in [-0.25, -0.2) is 22.8 Å². The van der Waals surface area contributed by atoms with Gasteiger partial charge in [0.2, 0.25) is 16.0 Å². The topological polar surface area (TPSA) is 91.3 Å². The maximum absolute atomic E-state index is 13.3. The summed E-state index contributed by atoms with van der Waals surface area (Å²) in [5, 5.41) is 5.32. The van der Waals surface area contributed by atoms with Crippen LogP contribution in [-0.2, 0) is 10.0 Å². The predicted molar refractivity (Wildman–Crippen MR) is 137 cm³/mol. The van der Waals surface area contributed by atoms with Crippen molar-refractivity contribution in [3.8, 4) is 10.7 Å². The number of anilines is 3. The number of hydrogen-bond donors (Lipinski definition) is 1. The lowest BCUT2D eigenvalue weighted by Gasteiger charge is -2.35. The molecule has 182 valence electrons. The number of nitrogens with zero attached hydrogens (tertiary/aromatic N) is 5. The first-order valence-electron chi connectivity index (χ1n) is 11.3. The Morgan fingerprint density at radius 3 is 2.54 bits per heavy atom. The van der Waals surface area contributed by atoms with E-state index in [0.29, 0.717) is 55.7 Å². The Bertz CT molecular complexity index is 1350. The van der Waals surface area contributed by atoms with Crippen molar-refractivity contribution in [2.24, 2.45) is 0 Å². The molecule has 5 rings (SSSR count). The van der Waals surface area contributed by atoms with Crippen LogP contribution in [0.5, 0.6) is 0 Å². The second-order valence-corrected chi connectivity index (χ2v) is 11.5. The summed E-state index contributed by atoms with van der Waals surface area (Å²) in [6, 6.07) is 7.84. The van der Waals surface area contributed by atoms with Crippen molar-refractivity contribution in [3.63, 3.8) is 0 Å². The van der Waals surface area contributed by atoms with E-state index in [4.69, 9.17) is 4.98 Å². The summed E-state index contributed by atoms with van der Waals surface area (Å²) >= 11 is 1.47. The van der Waals surface area contributed by atoms with E-state index >= 15 is 0 Å². The number of rotatable bonds is 6. The van der Waals surface area contributed by atoms with E-state index < -0.39 is 15.3 Å². The minimum atomic E-state index is -3.43. The van der Waals surface area contributed by atoms with Crippen LogP contribution in [0.2, 0.25) is 0 Å². The molecular weight excluding hydrogens is 487 g/mol. The second kappa shape index (κ2) is 9.84. The van der Waals surface area contributed by atoms with Crippen molar-refractivity contribution in [3.05, 3.63) is 71.5 Å². The molecule has 1 unspecified atom stereocenters. The highest BCUT2D eigenvalue weighted by Crippen LogP contribution is 2.28. The molecule has 2 aliphatic rings. The molecule has 0 saturated carbocycles. The van der Waals surface area contributed by atoms with Crippen LogP contribution in [0.15, 0.2) is 65.7 Å². The van der Waals surface area contributed by atoms with Gasteiger partial charge in [-0.2, -0.15) is 9.29 Å². The largest absolute Gasteiger partial charge is 0.340 e. The smallest absolute Gasteiger partial charge is 0.228 e. The van der Waals surface area contributed by atoms with Gasteiger partial charge in [0.05, 0.1) is 5.25 Å². The van der Waals surface area contributed by atoms with E-state index in [9.17, 15) is 12.8 Å². The van der Waals surface area contributed by atoms with Gasteiger partial charge >= 0.3 is 0 Å². The molecule has 11 heteroatoms. The van der Waals surface area contributed by atoms with Gasteiger partial charge in [-0.1, -0.05) is 23.8 Å². The molecule has 0 radical (unpaired) electrons. The molecule has 0 spiro atoms. The first-order valence-corrected chi connectivity index (χ1v) is 13.7.